The smallest absolute Gasteiger partial charge is 0.410 e. The second kappa shape index (κ2) is 13.6. The SMILES string of the molecule is CN(C(=O)OC(C)(C)C)C1CCN(C(=O)Cc2cccc(-c3cc(-c4c(N5CCOCC5)sc5c4CC(C)(C)CC5=O)ccn3)c2)CC1. The molecular formula is C38H48N4O5S. The summed E-state index contributed by atoms with van der Waals surface area (Å²) in [5.74, 6) is 0.317. The van der Waals surface area contributed by atoms with Crippen molar-refractivity contribution < 1.29 is 23.9 Å². The Balaban J connectivity index is 1.19. The van der Waals surface area contributed by atoms with E-state index in [4.69, 9.17) is 14.5 Å². The Kier molecular flexibility index (Phi) is 9.69. The van der Waals surface area contributed by atoms with Crippen LogP contribution in [0.15, 0.2) is 42.6 Å². The number of amides is 2. The van der Waals surface area contributed by atoms with E-state index in [1.165, 1.54) is 0 Å². The second-order valence-corrected chi connectivity index (χ2v) is 16.1. The number of hydrogen-bond donors (Lipinski definition) is 0. The van der Waals surface area contributed by atoms with E-state index in [2.05, 4.69) is 36.9 Å². The maximum atomic E-state index is 13.4. The van der Waals surface area contributed by atoms with E-state index in [0.29, 0.717) is 39.1 Å². The number of nitrogens with zero attached hydrogens (tertiary/aromatic N) is 4. The predicted octanol–water partition coefficient (Wildman–Crippen LogP) is 6.87. The van der Waals surface area contributed by atoms with Crippen LogP contribution < -0.4 is 4.90 Å². The largest absolute Gasteiger partial charge is 0.444 e. The fraction of sp³-hybridized carbons (Fsp3) is 0.526. The molecule has 0 bridgehead atoms. The second-order valence-electron chi connectivity index (χ2n) is 15.1. The van der Waals surface area contributed by atoms with Crippen molar-refractivity contribution in [2.75, 3.05) is 51.3 Å². The number of hydrogen-bond acceptors (Lipinski definition) is 8. The van der Waals surface area contributed by atoms with Crippen molar-refractivity contribution in [3.8, 4) is 22.4 Å². The molecule has 1 aromatic carbocycles. The third-order valence-electron chi connectivity index (χ3n) is 9.51. The molecule has 2 saturated heterocycles. The highest BCUT2D eigenvalue weighted by atomic mass is 32.1. The molecule has 4 heterocycles. The van der Waals surface area contributed by atoms with Gasteiger partial charge in [0.2, 0.25) is 5.91 Å². The topological polar surface area (TPSA) is 92.3 Å². The van der Waals surface area contributed by atoms with Crippen molar-refractivity contribution in [3.05, 3.63) is 58.6 Å². The molecule has 0 atom stereocenters. The number of aromatic nitrogens is 1. The Morgan fingerprint density at radius 2 is 1.77 bits per heavy atom. The van der Waals surface area contributed by atoms with Gasteiger partial charge in [0.15, 0.2) is 5.78 Å². The molecule has 48 heavy (non-hydrogen) atoms. The van der Waals surface area contributed by atoms with Crippen LogP contribution >= 0.6 is 11.3 Å². The van der Waals surface area contributed by atoms with Crippen molar-refractivity contribution in [1.29, 1.82) is 0 Å². The number of ketones is 1. The van der Waals surface area contributed by atoms with Gasteiger partial charge in [-0.15, -0.1) is 11.3 Å². The molecule has 0 spiro atoms. The van der Waals surface area contributed by atoms with Crippen LogP contribution in [0.4, 0.5) is 9.80 Å². The maximum Gasteiger partial charge on any atom is 0.410 e. The lowest BCUT2D eigenvalue weighted by molar-refractivity contribution is -0.131. The number of anilines is 1. The lowest BCUT2D eigenvalue weighted by atomic mass is 9.75. The molecule has 2 amide bonds. The van der Waals surface area contributed by atoms with Gasteiger partial charge in [-0.25, -0.2) is 4.79 Å². The van der Waals surface area contributed by atoms with Crippen LogP contribution in [0.25, 0.3) is 22.4 Å². The third-order valence-corrected chi connectivity index (χ3v) is 10.8. The fourth-order valence-electron chi connectivity index (χ4n) is 7.05. The number of carbonyl (C=O) groups excluding carboxylic acids is 3. The number of thiophene rings is 1. The predicted molar refractivity (Wildman–Crippen MR) is 190 cm³/mol. The van der Waals surface area contributed by atoms with Crippen LogP contribution in [0.2, 0.25) is 0 Å². The van der Waals surface area contributed by atoms with E-state index in [-0.39, 0.29) is 29.2 Å². The Bertz CT molecular complexity index is 1680. The van der Waals surface area contributed by atoms with Gasteiger partial charge in [-0.2, -0.15) is 0 Å². The van der Waals surface area contributed by atoms with Gasteiger partial charge in [0.25, 0.3) is 0 Å². The Morgan fingerprint density at radius 1 is 1.04 bits per heavy atom. The first-order chi connectivity index (χ1) is 22.8. The number of carbonyl (C=O) groups is 3. The van der Waals surface area contributed by atoms with Crippen LogP contribution in [0.5, 0.6) is 0 Å². The normalized spacial score (nSPS) is 18.4. The molecule has 2 aromatic heterocycles. The quantitative estimate of drug-likeness (QED) is 0.282. The number of morpholine rings is 1. The van der Waals surface area contributed by atoms with Crippen molar-refractivity contribution in [3.63, 3.8) is 0 Å². The van der Waals surface area contributed by atoms with E-state index < -0.39 is 5.60 Å². The van der Waals surface area contributed by atoms with Crippen LogP contribution in [-0.4, -0.2) is 90.7 Å². The first kappa shape index (κ1) is 34.1. The number of Topliss-reactive ketones (excluding diaryl/α,β-unsaturated/α-hetero) is 1. The molecule has 0 unspecified atom stereocenters. The van der Waals surface area contributed by atoms with E-state index in [1.807, 2.05) is 50.1 Å². The zero-order chi connectivity index (χ0) is 34.2. The minimum Gasteiger partial charge on any atom is -0.444 e. The van der Waals surface area contributed by atoms with Crippen LogP contribution in [0.3, 0.4) is 0 Å². The third kappa shape index (κ3) is 7.60. The number of benzene rings is 1. The molecule has 6 rings (SSSR count). The summed E-state index contributed by atoms with van der Waals surface area (Å²) >= 11 is 1.63. The summed E-state index contributed by atoms with van der Waals surface area (Å²) in [6.45, 7) is 14.1. The van der Waals surface area contributed by atoms with Gasteiger partial charge in [0, 0.05) is 63.0 Å². The summed E-state index contributed by atoms with van der Waals surface area (Å²) in [6.07, 6.45) is 4.69. The van der Waals surface area contributed by atoms with Gasteiger partial charge in [-0.1, -0.05) is 32.0 Å². The highest BCUT2D eigenvalue weighted by Gasteiger charge is 2.37. The molecule has 2 fully saturated rings. The molecule has 3 aliphatic rings. The zero-order valence-electron chi connectivity index (χ0n) is 29.1. The number of likely N-dealkylation sites (tertiary alicyclic amines) is 1. The molecule has 0 radical (unpaired) electrons. The summed E-state index contributed by atoms with van der Waals surface area (Å²) in [7, 11) is 1.78. The van der Waals surface area contributed by atoms with Crippen molar-refractivity contribution in [2.24, 2.45) is 5.41 Å². The number of ether oxygens (including phenoxy) is 2. The lowest BCUT2D eigenvalue weighted by Crippen LogP contribution is -2.48. The van der Waals surface area contributed by atoms with Crippen LogP contribution in [0, 0.1) is 5.41 Å². The van der Waals surface area contributed by atoms with Gasteiger partial charge in [0.05, 0.1) is 35.2 Å². The molecule has 2 aliphatic heterocycles. The Morgan fingerprint density at radius 3 is 2.48 bits per heavy atom. The van der Waals surface area contributed by atoms with E-state index in [9.17, 15) is 14.4 Å². The molecule has 0 N–H and O–H groups in total. The molecule has 9 nitrogen and oxygen atoms in total. The molecule has 1 aliphatic carbocycles. The fourth-order valence-corrected chi connectivity index (χ4v) is 8.38. The van der Waals surface area contributed by atoms with Crippen LogP contribution in [-0.2, 0) is 27.1 Å². The van der Waals surface area contributed by atoms with Crippen molar-refractivity contribution >= 4 is 34.1 Å². The average Bonchev–Trinajstić information content (AvgIpc) is 3.43. The number of rotatable bonds is 6. The monoisotopic (exact) mass is 672 g/mol. The molecule has 3 aromatic rings. The van der Waals surface area contributed by atoms with E-state index in [1.54, 1.807) is 23.3 Å². The van der Waals surface area contributed by atoms with Crippen LogP contribution in [0.1, 0.15) is 74.7 Å². The maximum absolute atomic E-state index is 13.4. The number of pyridine rings is 1. The zero-order valence-corrected chi connectivity index (χ0v) is 30.0. The van der Waals surface area contributed by atoms with Crippen molar-refractivity contribution in [2.45, 2.75) is 78.4 Å². The number of fused-ring (bicyclic) bond motifs is 1. The standard InChI is InChI=1S/C38H48N4O5S/c1-37(2,3)47-36(45)40(6)28-11-14-41(15-12-28)32(44)21-25-8-7-9-26(20-25)30-22-27(10-13-39-30)33-29-23-38(4,5)24-31(43)34(29)48-35(33)42-16-18-46-19-17-42/h7-10,13,20,22,28H,11-12,14-19,21,23-24H2,1-6H3. The average molecular weight is 673 g/mol. The van der Waals surface area contributed by atoms with Gasteiger partial charge >= 0.3 is 6.09 Å². The minimum atomic E-state index is -0.541. The summed E-state index contributed by atoms with van der Waals surface area (Å²) in [6, 6.07) is 12.3. The molecule has 10 heteroatoms. The summed E-state index contributed by atoms with van der Waals surface area (Å²) in [5.41, 5.74) is 5.45. The highest BCUT2D eigenvalue weighted by molar-refractivity contribution is 7.19. The van der Waals surface area contributed by atoms with Gasteiger partial charge in [0.1, 0.15) is 5.60 Å². The Hall–Kier alpha value is -3.76. The minimum absolute atomic E-state index is 0.0485. The van der Waals surface area contributed by atoms with Gasteiger partial charge < -0.3 is 24.2 Å². The summed E-state index contributed by atoms with van der Waals surface area (Å²) < 4.78 is 11.2. The van der Waals surface area contributed by atoms with Gasteiger partial charge in [-0.05, 0) is 80.3 Å². The molecule has 256 valence electrons. The van der Waals surface area contributed by atoms with E-state index >= 15 is 0 Å². The molecule has 0 saturated carbocycles. The van der Waals surface area contributed by atoms with E-state index in [0.717, 1.165) is 75.7 Å². The first-order valence-corrected chi connectivity index (χ1v) is 17.9. The highest BCUT2D eigenvalue weighted by Crippen LogP contribution is 2.49. The van der Waals surface area contributed by atoms with Crippen molar-refractivity contribution in [1.82, 2.24) is 14.8 Å². The lowest BCUT2D eigenvalue weighted by Gasteiger charge is -2.37. The summed E-state index contributed by atoms with van der Waals surface area (Å²) in [5, 5.41) is 1.15. The van der Waals surface area contributed by atoms with Gasteiger partial charge in [-0.3, -0.25) is 14.6 Å². The first-order valence-electron chi connectivity index (χ1n) is 17.1. The molecular weight excluding hydrogens is 625 g/mol. The number of piperidine rings is 1. The summed E-state index contributed by atoms with van der Waals surface area (Å²) in [4.78, 5) is 50.9. The Labute approximate surface area is 288 Å².